The van der Waals surface area contributed by atoms with Crippen LogP contribution in [0.15, 0.2) is 133 Å². The van der Waals surface area contributed by atoms with E-state index in [1.165, 1.54) is 17.0 Å². The van der Waals surface area contributed by atoms with Gasteiger partial charge in [-0.25, -0.2) is 0 Å². The van der Waals surface area contributed by atoms with Gasteiger partial charge in [0.05, 0.1) is 0 Å². The molecule has 0 atom stereocenters. The zero-order valence-corrected chi connectivity index (χ0v) is 30.0. The van der Waals surface area contributed by atoms with Crippen LogP contribution in [0.2, 0.25) is 0 Å². The number of phenols is 2. The van der Waals surface area contributed by atoms with Gasteiger partial charge < -0.3 is 0 Å². The molecule has 3 aromatic heterocycles. The van der Waals surface area contributed by atoms with Crippen LogP contribution in [0.1, 0.15) is 22.8 Å². The molecule has 5 heterocycles. The molecule has 0 spiro atoms. The number of phenolic OH excluding ortho intramolecular Hbond substituents is 2. The molecule has 0 radical (unpaired) electrons. The van der Waals surface area contributed by atoms with E-state index in [-0.39, 0.29) is 40.5 Å². The maximum atomic E-state index is 10.2. The number of nitrogens with zero attached hydrogens (tertiary/aromatic N) is 2. The Balaban J connectivity index is 1.48. The molecule has 4 aromatic carbocycles. The van der Waals surface area contributed by atoms with Gasteiger partial charge in [0.2, 0.25) is 0 Å². The molecule has 0 saturated carbocycles. The van der Waals surface area contributed by atoms with Crippen molar-refractivity contribution in [1.82, 2.24) is 9.97 Å². The molecule has 0 fully saturated rings. The van der Waals surface area contributed by atoms with Crippen LogP contribution in [0.25, 0.3) is 85.9 Å². The van der Waals surface area contributed by atoms with Crippen molar-refractivity contribution in [1.29, 1.82) is 0 Å². The molecular formula is C44H28N2O2Se2. The van der Waals surface area contributed by atoms with Gasteiger partial charge in [0.15, 0.2) is 0 Å². The third-order valence-corrected chi connectivity index (χ3v) is 13.6. The van der Waals surface area contributed by atoms with E-state index in [1.54, 1.807) is 24.3 Å². The third kappa shape index (κ3) is 5.59. The van der Waals surface area contributed by atoms with Gasteiger partial charge in [-0.1, -0.05) is 0 Å². The summed E-state index contributed by atoms with van der Waals surface area (Å²) in [5.41, 5.74) is 12.4. The van der Waals surface area contributed by atoms with E-state index in [0.717, 1.165) is 67.3 Å². The average molecular weight is 775 g/mol. The second-order valence-corrected chi connectivity index (χ2v) is 16.6. The summed E-state index contributed by atoms with van der Waals surface area (Å²) in [6, 6.07) is 45.0. The Hall–Kier alpha value is -5.48. The van der Waals surface area contributed by atoms with Gasteiger partial charge in [0.1, 0.15) is 0 Å². The fraction of sp³-hybridized carbons (Fsp3) is 0. The Morgan fingerprint density at radius 3 is 0.900 bits per heavy atom. The Labute approximate surface area is 301 Å². The van der Waals surface area contributed by atoms with E-state index in [9.17, 15) is 10.2 Å². The van der Waals surface area contributed by atoms with Crippen LogP contribution < -0.4 is 0 Å². The number of benzene rings is 4. The van der Waals surface area contributed by atoms with E-state index in [4.69, 9.17) is 9.97 Å². The van der Waals surface area contributed by atoms with Crippen molar-refractivity contribution < 1.29 is 10.2 Å². The Morgan fingerprint density at radius 1 is 0.320 bits per heavy atom. The molecule has 2 aliphatic heterocycles. The summed E-state index contributed by atoms with van der Waals surface area (Å²) in [6.45, 7) is 0. The van der Waals surface area contributed by atoms with E-state index in [1.807, 2.05) is 24.3 Å². The average Bonchev–Trinajstić information content (AvgIpc) is 3.98. The first-order chi connectivity index (χ1) is 24.6. The van der Waals surface area contributed by atoms with Gasteiger partial charge >= 0.3 is 303 Å². The molecule has 2 aliphatic rings. The molecule has 0 saturated heterocycles. The van der Waals surface area contributed by atoms with Crippen LogP contribution >= 0.6 is 0 Å². The minimum atomic E-state index is -0.0964. The molecule has 4 nitrogen and oxygen atoms in total. The van der Waals surface area contributed by atoms with Crippen molar-refractivity contribution in [3.63, 3.8) is 0 Å². The van der Waals surface area contributed by atoms with Crippen LogP contribution in [0.3, 0.4) is 0 Å². The van der Waals surface area contributed by atoms with Crippen LogP contribution in [0.4, 0.5) is 0 Å². The summed E-state index contributed by atoms with van der Waals surface area (Å²) in [6.07, 6.45) is 8.59. The topological polar surface area (TPSA) is 66.2 Å². The van der Waals surface area contributed by atoms with Crippen LogP contribution in [0, 0.1) is 0 Å². The van der Waals surface area contributed by atoms with Crippen molar-refractivity contribution in [3.8, 4) is 56.0 Å². The van der Waals surface area contributed by atoms with Crippen molar-refractivity contribution in [2.45, 2.75) is 0 Å². The standard InChI is InChI=1S/C44H28N2O2Se2/c47-31-15-11-29(12-16-31)43-35-21-19-33(45-35)41(27-7-3-1-4-8-27)37-23-24-38(49-37)42(28-9-5-2-6-10-28)34-20-22-36(46-34)44(40-26-25-39(43)50-40)30-13-17-32(48)18-14-30/h1-26,47-48H. The van der Waals surface area contributed by atoms with Gasteiger partial charge in [0.25, 0.3) is 0 Å². The van der Waals surface area contributed by atoms with Crippen molar-refractivity contribution in [2.24, 2.45) is 0 Å². The molecule has 238 valence electrons. The Kier molecular flexibility index (Phi) is 7.80. The van der Waals surface area contributed by atoms with E-state index in [2.05, 4.69) is 109 Å². The molecule has 2 N–H and O–H groups in total. The van der Waals surface area contributed by atoms with Crippen molar-refractivity contribution in [2.75, 3.05) is 0 Å². The summed E-state index contributed by atoms with van der Waals surface area (Å²) >= 11 is -0.118. The molecule has 0 unspecified atom stereocenters. The summed E-state index contributed by atoms with van der Waals surface area (Å²) in [5.74, 6) is 0.462. The van der Waals surface area contributed by atoms with Crippen molar-refractivity contribution >= 4 is 70.4 Å². The third-order valence-electron chi connectivity index (χ3n) is 8.94. The summed E-state index contributed by atoms with van der Waals surface area (Å²) in [7, 11) is 0. The molecule has 8 bridgehead atoms. The predicted molar refractivity (Wildman–Crippen MR) is 209 cm³/mol. The number of hydrogen-bond donors (Lipinski definition) is 2. The first-order valence-electron chi connectivity index (χ1n) is 16.3. The van der Waals surface area contributed by atoms with Crippen LogP contribution in [0.5, 0.6) is 11.5 Å². The van der Waals surface area contributed by atoms with Gasteiger partial charge in [-0.3, -0.25) is 0 Å². The van der Waals surface area contributed by atoms with Crippen LogP contribution in [-0.2, 0) is 0 Å². The molecule has 9 rings (SSSR count). The zero-order valence-electron chi connectivity index (χ0n) is 26.6. The summed E-state index contributed by atoms with van der Waals surface area (Å²) in [4.78, 5) is 10.8. The van der Waals surface area contributed by atoms with E-state index >= 15 is 0 Å². The molecule has 0 aliphatic carbocycles. The maximum absolute atomic E-state index is 10.2. The molecule has 7 aromatic rings. The van der Waals surface area contributed by atoms with Gasteiger partial charge in [-0.15, -0.1) is 0 Å². The zero-order chi connectivity index (χ0) is 33.6. The number of hydrogen-bond acceptors (Lipinski definition) is 4. The number of rotatable bonds is 4. The second-order valence-electron chi connectivity index (χ2n) is 12.1. The molecule has 0 amide bonds. The van der Waals surface area contributed by atoms with E-state index in [0.29, 0.717) is 0 Å². The predicted octanol–water partition coefficient (Wildman–Crippen LogP) is 10.2. The first-order valence-corrected chi connectivity index (χ1v) is 19.7. The molecule has 50 heavy (non-hydrogen) atoms. The monoisotopic (exact) mass is 776 g/mol. The Bertz CT molecular complexity index is 2460. The quantitative estimate of drug-likeness (QED) is 0.175. The summed E-state index contributed by atoms with van der Waals surface area (Å²) in [5, 5.41) is 20.4. The van der Waals surface area contributed by atoms with Crippen LogP contribution in [-0.4, -0.2) is 49.2 Å². The fourth-order valence-electron chi connectivity index (χ4n) is 6.63. The van der Waals surface area contributed by atoms with E-state index < -0.39 is 0 Å². The SMILES string of the molecule is Oc1ccc(-c2c3nc(c(-c4ccccc4)c4ccc([se]4)c(-c4ccccc4)c4nc(c(-c5ccc(O)cc5)c5ccc2[se]5)C=C4)C=C3)cc1. The van der Waals surface area contributed by atoms with Gasteiger partial charge in [0, 0.05) is 0 Å². The fourth-order valence-corrected chi connectivity index (χ4v) is 11.5. The first kappa shape index (κ1) is 30.6. The number of aromatic hydroxyl groups is 2. The number of fused-ring (bicyclic) bond motifs is 8. The minimum absolute atomic E-state index is 0.0220. The summed E-state index contributed by atoms with van der Waals surface area (Å²) < 4.78 is 4.94. The molecule has 6 heteroatoms. The normalized spacial score (nSPS) is 12.0. The molecular weight excluding hydrogens is 746 g/mol. The Morgan fingerprint density at radius 2 is 0.600 bits per heavy atom. The second kappa shape index (κ2) is 12.8. The van der Waals surface area contributed by atoms with Crippen molar-refractivity contribution in [3.05, 3.63) is 156 Å². The number of aromatic nitrogens is 2. The van der Waals surface area contributed by atoms with Gasteiger partial charge in [-0.05, 0) is 0 Å². The van der Waals surface area contributed by atoms with Gasteiger partial charge in [-0.2, -0.15) is 0 Å².